The van der Waals surface area contributed by atoms with E-state index in [1.807, 2.05) is 0 Å². The van der Waals surface area contributed by atoms with E-state index in [1.165, 1.54) is 55.5 Å². The third-order valence-corrected chi connectivity index (χ3v) is 9.42. The summed E-state index contributed by atoms with van der Waals surface area (Å²) in [7, 11) is 0. The molecule has 1 aliphatic carbocycles. The molecule has 0 spiro atoms. The molecule has 7 rings (SSSR count). The smallest absolute Gasteiger partial charge is 0.0488 e. The standard InChI is InChI=1S/C41H38N2/c1-6-42-29(3)28(2)36-26-37-35-24-21-31(25-38(35)41(4,5)39(37)27-40(36)42)18-17-30-19-22-34(23-20-30)43(32-13-9-7-10-14-32)33-15-11-8-12-16-33/h7-27H,6H2,1-5H3/b18-17+. The lowest BCUT2D eigenvalue weighted by Crippen LogP contribution is -2.15. The van der Waals surface area contributed by atoms with E-state index in [4.69, 9.17) is 0 Å². The van der Waals surface area contributed by atoms with E-state index in [0.717, 1.165) is 23.6 Å². The van der Waals surface area contributed by atoms with Crippen LogP contribution in [-0.2, 0) is 12.0 Å². The number of para-hydroxylation sites is 2. The molecule has 0 fully saturated rings. The highest BCUT2D eigenvalue weighted by molar-refractivity contribution is 5.95. The third-order valence-electron chi connectivity index (χ3n) is 9.42. The van der Waals surface area contributed by atoms with Gasteiger partial charge in [0.25, 0.3) is 0 Å². The lowest BCUT2D eigenvalue weighted by Gasteiger charge is -2.25. The minimum Gasteiger partial charge on any atom is -0.345 e. The van der Waals surface area contributed by atoms with Crippen LogP contribution >= 0.6 is 0 Å². The topological polar surface area (TPSA) is 8.17 Å². The predicted molar refractivity (Wildman–Crippen MR) is 185 cm³/mol. The van der Waals surface area contributed by atoms with Gasteiger partial charge in [0.1, 0.15) is 0 Å². The number of fused-ring (bicyclic) bond motifs is 4. The fourth-order valence-electron chi connectivity index (χ4n) is 6.93. The first-order valence-electron chi connectivity index (χ1n) is 15.3. The van der Waals surface area contributed by atoms with Crippen molar-refractivity contribution >= 4 is 40.1 Å². The molecule has 1 heterocycles. The molecule has 212 valence electrons. The molecular formula is C41H38N2. The van der Waals surface area contributed by atoms with Crippen molar-refractivity contribution in [3.05, 3.63) is 149 Å². The van der Waals surface area contributed by atoms with Crippen molar-refractivity contribution in [1.82, 2.24) is 4.57 Å². The molecule has 0 saturated carbocycles. The van der Waals surface area contributed by atoms with Crippen molar-refractivity contribution in [3.8, 4) is 11.1 Å². The van der Waals surface area contributed by atoms with Gasteiger partial charge in [0.2, 0.25) is 0 Å². The molecule has 0 bridgehead atoms. The maximum absolute atomic E-state index is 2.46. The highest BCUT2D eigenvalue weighted by Gasteiger charge is 2.36. The van der Waals surface area contributed by atoms with Crippen LogP contribution in [0.5, 0.6) is 0 Å². The van der Waals surface area contributed by atoms with Crippen LogP contribution in [0.15, 0.2) is 115 Å². The number of benzene rings is 5. The molecule has 0 saturated heterocycles. The highest BCUT2D eigenvalue weighted by Crippen LogP contribution is 2.50. The summed E-state index contributed by atoms with van der Waals surface area (Å²) in [5.74, 6) is 0. The van der Waals surface area contributed by atoms with Crippen LogP contribution in [0.3, 0.4) is 0 Å². The largest absolute Gasteiger partial charge is 0.345 e. The summed E-state index contributed by atoms with van der Waals surface area (Å²) in [4.78, 5) is 2.29. The maximum Gasteiger partial charge on any atom is 0.0488 e. The Morgan fingerprint density at radius 2 is 1.19 bits per heavy atom. The van der Waals surface area contributed by atoms with Gasteiger partial charge in [0.05, 0.1) is 0 Å². The van der Waals surface area contributed by atoms with Crippen LogP contribution in [0.2, 0.25) is 0 Å². The molecule has 1 aliphatic rings. The Labute approximate surface area is 255 Å². The van der Waals surface area contributed by atoms with E-state index in [2.05, 4.69) is 171 Å². The molecule has 5 aromatic carbocycles. The highest BCUT2D eigenvalue weighted by atomic mass is 15.1. The first-order chi connectivity index (χ1) is 20.9. The molecule has 0 unspecified atom stereocenters. The normalized spacial score (nSPS) is 13.4. The van der Waals surface area contributed by atoms with Crippen molar-refractivity contribution in [2.75, 3.05) is 4.90 Å². The summed E-state index contributed by atoms with van der Waals surface area (Å²) in [5, 5.41) is 1.38. The maximum atomic E-state index is 2.46. The van der Waals surface area contributed by atoms with Crippen molar-refractivity contribution in [2.45, 2.75) is 46.6 Å². The van der Waals surface area contributed by atoms with E-state index in [1.54, 1.807) is 0 Å². The van der Waals surface area contributed by atoms with E-state index in [-0.39, 0.29) is 5.41 Å². The van der Waals surface area contributed by atoms with Gasteiger partial charge >= 0.3 is 0 Å². The number of rotatable bonds is 6. The van der Waals surface area contributed by atoms with Crippen molar-refractivity contribution in [2.24, 2.45) is 0 Å². The van der Waals surface area contributed by atoms with Gasteiger partial charge in [-0.05, 0) is 108 Å². The van der Waals surface area contributed by atoms with Gasteiger partial charge in [-0.2, -0.15) is 0 Å². The van der Waals surface area contributed by atoms with E-state index in [0.29, 0.717) is 0 Å². The summed E-state index contributed by atoms with van der Waals surface area (Å²) >= 11 is 0. The fraction of sp³-hybridized carbons (Fsp3) is 0.171. The number of anilines is 3. The van der Waals surface area contributed by atoms with Crippen LogP contribution < -0.4 is 4.90 Å². The molecule has 0 radical (unpaired) electrons. The van der Waals surface area contributed by atoms with Gasteiger partial charge in [-0.15, -0.1) is 0 Å². The lowest BCUT2D eigenvalue weighted by atomic mass is 9.81. The predicted octanol–water partition coefficient (Wildman–Crippen LogP) is 11.2. The van der Waals surface area contributed by atoms with E-state index >= 15 is 0 Å². The zero-order valence-corrected chi connectivity index (χ0v) is 25.7. The van der Waals surface area contributed by atoms with Crippen LogP contribution in [0.4, 0.5) is 17.1 Å². The molecule has 0 amide bonds. The molecule has 0 atom stereocenters. The van der Waals surface area contributed by atoms with Gasteiger partial charge in [0.15, 0.2) is 0 Å². The molecule has 0 N–H and O–H groups in total. The van der Waals surface area contributed by atoms with Crippen LogP contribution in [0.1, 0.15) is 54.3 Å². The number of aromatic nitrogens is 1. The second-order valence-corrected chi connectivity index (χ2v) is 12.2. The molecule has 6 aromatic rings. The van der Waals surface area contributed by atoms with Gasteiger partial charge in [-0.3, -0.25) is 0 Å². The zero-order chi connectivity index (χ0) is 29.7. The Morgan fingerprint density at radius 1 is 0.628 bits per heavy atom. The number of aryl methyl sites for hydroxylation is 2. The Bertz CT molecular complexity index is 1930. The Morgan fingerprint density at radius 3 is 1.81 bits per heavy atom. The number of nitrogens with zero attached hydrogens (tertiary/aromatic N) is 2. The SMILES string of the molecule is CCn1c(C)c(C)c2cc3c(cc21)C(C)(C)c1cc(/C=C/c2ccc(N(c4ccccc4)c4ccccc4)cc2)ccc1-3. The quantitative estimate of drug-likeness (QED) is 0.185. The lowest BCUT2D eigenvalue weighted by molar-refractivity contribution is 0.660. The molecule has 43 heavy (non-hydrogen) atoms. The van der Waals surface area contributed by atoms with Crippen molar-refractivity contribution in [3.63, 3.8) is 0 Å². The molecule has 2 heteroatoms. The second-order valence-electron chi connectivity index (χ2n) is 12.2. The third kappa shape index (κ3) is 4.49. The monoisotopic (exact) mass is 558 g/mol. The van der Waals surface area contributed by atoms with E-state index in [9.17, 15) is 0 Å². The first kappa shape index (κ1) is 27.0. The van der Waals surface area contributed by atoms with Gasteiger partial charge in [0, 0.05) is 45.6 Å². The Hall–Kier alpha value is -4.82. The summed E-state index contributed by atoms with van der Waals surface area (Å²) in [6, 6.07) is 41.8. The molecule has 2 nitrogen and oxygen atoms in total. The average molecular weight is 559 g/mol. The number of hydrogen-bond donors (Lipinski definition) is 0. The van der Waals surface area contributed by atoms with Crippen LogP contribution in [-0.4, -0.2) is 4.57 Å². The van der Waals surface area contributed by atoms with Crippen LogP contribution in [0.25, 0.3) is 34.2 Å². The second kappa shape index (κ2) is 10.5. The van der Waals surface area contributed by atoms with Gasteiger partial charge < -0.3 is 9.47 Å². The van der Waals surface area contributed by atoms with Gasteiger partial charge in [-0.1, -0.05) is 92.7 Å². The zero-order valence-electron chi connectivity index (χ0n) is 25.7. The average Bonchev–Trinajstić information content (AvgIpc) is 3.41. The molecular weight excluding hydrogens is 520 g/mol. The minimum atomic E-state index is -0.0483. The number of hydrogen-bond acceptors (Lipinski definition) is 1. The first-order valence-corrected chi connectivity index (χ1v) is 15.3. The summed E-state index contributed by atoms with van der Waals surface area (Å²) in [6.45, 7) is 12.5. The fourth-order valence-corrected chi connectivity index (χ4v) is 6.93. The molecule has 1 aromatic heterocycles. The van der Waals surface area contributed by atoms with Crippen molar-refractivity contribution < 1.29 is 0 Å². The summed E-state index contributed by atoms with van der Waals surface area (Å²) in [5.41, 5.74) is 15.5. The minimum absolute atomic E-state index is 0.0483. The Balaban J connectivity index is 1.19. The van der Waals surface area contributed by atoms with Gasteiger partial charge in [-0.25, -0.2) is 0 Å². The van der Waals surface area contributed by atoms with Crippen molar-refractivity contribution in [1.29, 1.82) is 0 Å². The van der Waals surface area contributed by atoms with Crippen LogP contribution in [0, 0.1) is 13.8 Å². The molecule has 0 aliphatic heterocycles. The Kier molecular flexibility index (Phi) is 6.58. The summed E-state index contributed by atoms with van der Waals surface area (Å²) < 4.78 is 2.46. The van der Waals surface area contributed by atoms with E-state index < -0.39 is 0 Å². The summed E-state index contributed by atoms with van der Waals surface area (Å²) in [6.07, 6.45) is 4.47.